The van der Waals surface area contributed by atoms with Gasteiger partial charge in [0.15, 0.2) is 11.6 Å². The number of hydrogen-bond acceptors (Lipinski definition) is 6. The SMILES string of the molecule is Cc1ccc(S(=O)(=O)N2CCC(C(=O)Nc3ncccc3OCc3ccncc3)CC2)cc1C. The number of ether oxygens (including phenoxy) is 1. The number of hydrogen-bond donors (Lipinski definition) is 1. The average molecular weight is 481 g/mol. The molecule has 0 bridgehead atoms. The molecule has 0 aliphatic carbocycles. The Bertz CT molecular complexity index is 1260. The van der Waals surface area contributed by atoms with Gasteiger partial charge in [0.25, 0.3) is 0 Å². The third-order valence-electron chi connectivity index (χ3n) is 6.10. The maximum atomic E-state index is 13.0. The van der Waals surface area contributed by atoms with E-state index in [1.54, 1.807) is 42.9 Å². The van der Waals surface area contributed by atoms with Crippen LogP contribution in [0.25, 0.3) is 0 Å². The Labute approximate surface area is 200 Å². The Kier molecular flexibility index (Phi) is 7.23. The molecule has 3 aromatic rings. The van der Waals surface area contributed by atoms with Crippen LogP contribution in [0.1, 0.15) is 29.5 Å². The molecule has 34 heavy (non-hydrogen) atoms. The van der Waals surface area contributed by atoms with Gasteiger partial charge in [-0.3, -0.25) is 9.78 Å². The summed E-state index contributed by atoms with van der Waals surface area (Å²) >= 11 is 0. The lowest BCUT2D eigenvalue weighted by Crippen LogP contribution is -2.41. The highest BCUT2D eigenvalue weighted by Gasteiger charge is 2.32. The van der Waals surface area contributed by atoms with E-state index in [4.69, 9.17) is 4.74 Å². The van der Waals surface area contributed by atoms with Gasteiger partial charge >= 0.3 is 0 Å². The summed E-state index contributed by atoms with van der Waals surface area (Å²) in [6.07, 6.45) is 5.86. The lowest BCUT2D eigenvalue weighted by Gasteiger charge is -2.30. The number of piperidine rings is 1. The van der Waals surface area contributed by atoms with Gasteiger partial charge in [0.05, 0.1) is 4.90 Å². The fourth-order valence-electron chi connectivity index (χ4n) is 3.84. The van der Waals surface area contributed by atoms with E-state index < -0.39 is 10.0 Å². The molecule has 0 spiro atoms. The van der Waals surface area contributed by atoms with Crippen molar-refractivity contribution in [2.24, 2.45) is 5.92 Å². The van der Waals surface area contributed by atoms with Gasteiger partial charge in [-0.05, 0) is 79.8 Å². The van der Waals surface area contributed by atoms with E-state index in [1.165, 1.54) is 4.31 Å². The minimum atomic E-state index is -3.58. The average Bonchev–Trinajstić information content (AvgIpc) is 2.86. The summed E-state index contributed by atoms with van der Waals surface area (Å²) in [5.41, 5.74) is 2.94. The molecular formula is C25H28N4O4S. The van der Waals surface area contributed by atoms with Crippen molar-refractivity contribution in [3.8, 4) is 5.75 Å². The third-order valence-corrected chi connectivity index (χ3v) is 7.99. The highest BCUT2D eigenvalue weighted by atomic mass is 32.2. The van der Waals surface area contributed by atoms with Crippen LogP contribution in [0.5, 0.6) is 5.75 Å². The fourth-order valence-corrected chi connectivity index (χ4v) is 5.40. The molecule has 1 amide bonds. The zero-order valence-corrected chi connectivity index (χ0v) is 20.1. The predicted molar refractivity (Wildman–Crippen MR) is 129 cm³/mol. The summed E-state index contributed by atoms with van der Waals surface area (Å²) < 4.78 is 33.4. The lowest BCUT2D eigenvalue weighted by molar-refractivity contribution is -0.120. The molecule has 1 aliphatic heterocycles. The number of aryl methyl sites for hydroxylation is 2. The highest BCUT2D eigenvalue weighted by molar-refractivity contribution is 7.89. The molecular weight excluding hydrogens is 452 g/mol. The summed E-state index contributed by atoms with van der Waals surface area (Å²) in [7, 11) is -3.58. The Hall–Kier alpha value is -3.30. The molecule has 0 unspecified atom stereocenters. The highest BCUT2D eigenvalue weighted by Crippen LogP contribution is 2.28. The molecule has 0 radical (unpaired) electrons. The molecule has 1 N–H and O–H groups in total. The molecule has 4 rings (SSSR count). The van der Waals surface area contributed by atoms with Crippen molar-refractivity contribution in [2.75, 3.05) is 18.4 Å². The first-order valence-electron chi connectivity index (χ1n) is 11.2. The van der Waals surface area contributed by atoms with Crippen LogP contribution in [0.3, 0.4) is 0 Å². The number of carbonyl (C=O) groups is 1. The van der Waals surface area contributed by atoms with Crippen LogP contribution in [0, 0.1) is 19.8 Å². The molecule has 8 nitrogen and oxygen atoms in total. The van der Waals surface area contributed by atoms with Crippen LogP contribution in [-0.2, 0) is 21.4 Å². The first-order valence-corrected chi connectivity index (χ1v) is 12.6. The Morgan fingerprint density at radius 3 is 2.50 bits per heavy atom. The van der Waals surface area contributed by atoms with Gasteiger partial charge in [-0.25, -0.2) is 13.4 Å². The van der Waals surface area contributed by atoms with Gasteiger partial charge in [-0.15, -0.1) is 0 Å². The van der Waals surface area contributed by atoms with Crippen LogP contribution >= 0.6 is 0 Å². The normalized spacial score (nSPS) is 15.1. The number of aromatic nitrogens is 2. The van der Waals surface area contributed by atoms with Crippen LogP contribution < -0.4 is 10.1 Å². The first kappa shape index (κ1) is 23.8. The number of nitrogens with zero attached hydrogens (tertiary/aromatic N) is 3. The quantitative estimate of drug-likeness (QED) is 0.553. The van der Waals surface area contributed by atoms with Crippen molar-refractivity contribution in [3.63, 3.8) is 0 Å². The van der Waals surface area contributed by atoms with Crippen molar-refractivity contribution in [3.05, 3.63) is 77.7 Å². The Morgan fingerprint density at radius 2 is 1.79 bits per heavy atom. The van der Waals surface area contributed by atoms with E-state index in [-0.39, 0.29) is 11.8 Å². The Morgan fingerprint density at radius 1 is 1.06 bits per heavy atom. The molecule has 0 atom stereocenters. The number of amides is 1. The zero-order valence-electron chi connectivity index (χ0n) is 19.3. The van der Waals surface area contributed by atoms with E-state index in [9.17, 15) is 13.2 Å². The van der Waals surface area contributed by atoms with E-state index in [0.29, 0.717) is 49.0 Å². The number of nitrogens with one attached hydrogen (secondary N) is 1. The topological polar surface area (TPSA) is 101 Å². The van der Waals surface area contributed by atoms with Gasteiger partial charge in [0, 0.05) is 37.6 Å². The largest absolute Gasteiger partial charge is 0.485 e. The van der Waals surface area contributed by atoms with Gasteiger partial charge in [0.2, 0.25) is 15.9 Å². The number of anilines is 1. The monoisotopic (exact) mass is 480 g/mol. The molecule has 1 fully saturated rings. The Balaban J connectivity index is 1.36. The first-order chi connectivity index (χ1) is 16.3. The van der Waals surface area contributed by atoms with E-state index >= 15 is 0 Å². The van der Waals surface area contributed by atoms with E-state index in [2.05, 4.69) is 15.3 Å². The number of rotatable bonds is 7. The van der Waals surface area contributed by atoms with Crippen molar-refractivity contribution in [1.29, 1.82) is 0 Å². The van der Waals surface area contributed by atoms with Crippen LogP contribution in [-0.4, -0.2) is 41.7 Å². The summed E-state index contributed by atoms with van der Waals surface area (Å²) in [5.74, 6) is 0.339. The number of sulfonamides is 1. The summed E-state index contributed by atoms with van der Waals surface area (Å²) in [5, 5.41) is 2.86. The van der Waals surface area contributed by atoms with Crippen LogP contribution in [0.2, 0.25) is 0 Å². The minimum Gasteiger partial charge on any atom is -0.485 e. The van der Waals surface area contributed by atoms with Gasteiger partial charge in [-0.1, -0.05) is 6.07 Å². The van der Waals surface area contributed by atoms with Crippen LogP contribution in [0.4, 0.5) is 5.82 Å². The summed E-state index contributed by atoms with van der Waals surface area (Å²) in [6.45, 7) is 4.76. The smallest absolute Gasteiger partial charge is 0.243 e. The van der Waals surface area contributed by atoms with Gasteiger partial charge in [-0.2, -0.15) is 4.31 Å². The maximum Gasteiger partial charge on any atom is 0.243 e. The van der Waals surface area contributed by atoms with Gasteiger partial charge < -0.3 is 10.1 Å². The second-order valence-corrected chi connectivity index (χ2v) is 10.3. The maximum absolute atomic E-state index is 13.0. The zero-order chi connectivity index (χ0) is 24.1. The molecule has 1 aromatic carbocycles. The molecule has 1 aliphatic rings. The predicted octanol–water partition coefficient (Wildman–Crippen LogP) is 3.71. The van der Waals surface area contributed by atoms with Crippen LogP contribution in [0.15, 0.2) is 66.0 Å². The molecule has 0 saturated carbocycles. The van der Waals surface area contributed by atoms with E-state index in [0.717, 1.165) is 16.7 Å². The van der Waals surface area contributed by atoms with E-state index in [1.807, 2.05) is 32.0 Å². The molecule has 3 heterocycles. The minimum absolute atomic E-state index is 0.185. The fraction of sp³-hybridized carbons (Fsp3) is 0.320. The number of pyridine rings is 2. The van der Waals surface area contributed by atoms with Crippen molar-refractivity contribution in [1.82, 2.24) is 14.3 Å². The number of benzene rings is 1. The van der Waals surface area contributed by atoms with Crippen molar-refractivity contribution >= 4 is 21.7 Å². The molecule has 9 heteroatoms. The second-order valence-electron chi connectivity index (χ2n) is 8.41. The number of carbonyl (C=O) groups excluding carboxylic acids is 1. The second kappa shape index (κ2) is 10.3. The molecule has 1 saturated heterocycles. The summed E-state index contributed by atoms with van der Waals surface area (Å²) in [6, 6.07) is 12.4. The van der Waals surface area contributed by atoms with Crippen molar-refractivity contribution in [2.45, 2.75) is 38.2 Å². The van der Waals surface area contributed by atoms with Gasteiger partial charge in [0.1, 0.15) is 6.61 Å². The van der Waals surface area contributed by atoms with Crippen molar-refractivity contribution < 1.29 is 17.9 Å². The molecule has 2 aromatic heterocycles. The third kappa shape index (κ3) is 5.43. The molecule has 178 valence electrons. The lowest BCUT2D eigenvalue weighted by atomic mass is 9.97. The standard InChI is InChI=1S/C25H28N4O4S/c1-18-5-6-22(16-19(18)2)34(31,32)29-14-9-21(10-15-29)25(30)28-24-23(4-3-11-27-24)33-17-20-7-12-26-13-8-20/h3-8,11-13,16,21H,9-10,14-15,17H2,1-2H3,(H,27,28,30). The summed E-state index contributed by atoms with van der Waals surface area (Å²) in [4.78, 5) is 21.5.